The Morgan fingerprint density at radius 3 is 2.28 bits per heavy atom. The van der Waals surface area contributed by atoms with E-state index >= 15 is 0 Å². The second-order valence-electron chi connectivity index (χ2n) is 5.52. The zero-order valence-electron chi connectivity index (χ0n) is 10.9. The van der Waals surface area contributed by atoms with Crippen LogP contribution in [0.15, 0.2) is 29.8 Å². The van der Waals surface area contributed by atoms with E-state index in [1.165, 1.54) is 31.2 Å². The van der Waals surface area contributed by atoms with Gasteiger partial charge >= 0.3 is 0 Å². The maximum atomic E-state index is 6.00. The summed E-state index contributed by atoms with van der Waals surface area (Å²) in [5.74, 6) is 1.59. The molecule has 18 heavy (non-hydrogen) atoms. The van der Waals surface area contributed by atoms with Crippen molar-refractivity contribution >= 4 is 17.2 Å². The molecule has 3 aliphatic carbocycles. The van der Waals surface area contributed by atoms with Gasteiger partial charge in [0, 0.05) is 11.6 Å². The summed E-state index contributed by atoms with van der Waals surface area (Å²) >= 11 is 6.00. The van der Waals surface area contributed by atoms with Crippen molar-refractivity contribution in [2.24, 2.45) is 11.8 Å². The smallest absolute Gasteiger partial charge is 0.0406 e. The van der Waals surface area contributed by atoms with Gasteiger partial charge in [0.15, 0.2) is 0 Å². The number of fused-ring (bicyclic) bond motifs is 2. The third-order valence-electron chi connectivity index (χ3n) is 4.50. The van der Waals surface area contributed by atoms with Crippen LogP contribution in [0.4, 0.5) is 0 Å². The van der Waals surface area contributed by atoms with E-state index in [1.807, 2.05) is 12.1 Å². The first kappa shape index (κ1) is 12.3. The normalized spacial score (nSPS) is 26.8. The first-order chi connectivity index (χ1) is 8.79. The van der Waals surface area contributed by atoms with Gasteiger partial charge in [0.25, 0.3) is 0 Å². The van der Waals surface area contributed by atoms with Gasteiger partial charge in [0.2, 0.25) is 0 Å². The highest BCUT2D eigenvalue weighted by Crippen LogP contribution is 2.48. The summed E-state index contributed by atoms with van der Waals surface area (Å²) in [5.41, 5.74) is 4.66. The van der Waals surface area contributed by atoms with Crippen molar-refractivity contribution < 1.29 is 0 Å². The third-order valence-corrected chi connectivity index (χ3v) is 4.75. The molecule has 1 N–H and O–H groups in total. The van der Waals surface area contributed by atoms with Crippen LogP contribution in [-0.2, 0) is 0 Å². The predicted octanol–water partition coefficient (Wildman–Crippen LogP) is 4.13. The Kier molecular flexibility index (Phi) is 3.45. The quantitative estimate of drug-likeness (QED) is 0.863. The van der Waals surface area contributed by atoms with Crippen LogP contribution in [-0.4, -0.2) is 13.6 Å². The maximum Gasteiger partial charge on any atom is 0.0406 e. The molecule has 2 heteroatoms. The Morgan fingerprint density at radius 1 is 1.06 bits per heavy atom. The van der Waals surface area contributed by atoms with E-state index in [1.54, 1.807) is 11.1 Å². The maximum absolute atomic E-state index is 6.00. The Labute approximate surface area is 114 Å². The van der Waals surface area contributed by atoms with Crippen molar-refractivity contribution in [3.8, 4) is 0 Å². The van der Waals surface area contributed by atoms with Crippen LogP contribution in [0, 0.1) is 11.8 Å². The number of likely N-dealkylation sites (N-methyl/N-ethyl adjacent to an activating group) is 1. The van der Waals surface area contributed by atoms with E-state index in [2.05, 4.69) is 24.5 Å². The lowest BCUT2D eigenvalue weighted by molar-refractivity contribution is 0.319. The number of hydrogen-bond donors (Lipinski definition) is 1. The molecule has 1 aromatic rings. The fraction of sp³-hybridized carbons (Fsp3) is 0.500. The van der Waals surface area contributed by atoms with Gasteiger partial charge in [0.1, 0.15) is 0 Å². The molecule has 0 heterocycles. The lowest BCUT2D eigenvalue weighted by Gasteiger charge is -2.40. The second-order valence-corrected chi connectivity index (χ2v) is 5.96. The molecule has 1 aromatic carbocycles. The van der Waals surface area contributed by atoms with E-state index in [4.69, 9.17) is 11.6 Å². The Hall–Kier alpha value is -0.790. The number of allylic oxidation sites excluding steroid dienone is 1. The lowest BCUT2D eigenvalue weighted by atomic mass is 9.65. The molecule has 0 aliphatic heterocycles. The summed E-state index contributed by atoms with van der Waals surface area (Å²) in [6, 6.07) is 8.41. The van der Waals surface area contributed by atoms with E-state index in [-0.39, 0.29) is 0 Å². The van der Waals surface area contributed by atoms with Gasteiger partial charge in [-0.1, -0.05) is 23.7 Å². The number of halogens is 1. The zero-order valence-corrected chi connectivity index (χ0v) is 11.6. The van der Waals surface area contributed by atoms with Crippen molar-refractivity contribution in [3.63, 3.8) is 0 Å². The van der Waals surface area contributed by atoms with E-state index < -0.39 is 0 Å². The largest absolute Gasteiger partial charge is 0.316 e. The van der Waals surface area contributed by atoms with Gasteiger partial charge < -0.3 is 5.32 Å². The minimum atomic E-state index is 0.777. The van der Waals surface area contributed by atoms with Crippen LogP contribution in [0.3, 0.4) is 0 Å². The molecular formula is C16H20ClN. The average molecular weight is 262 g/mol. The fourth-order valence-electron chi connectivity index (χ4n) is 3.69. The van der Waals surface area contributed by atoms with E-state index in [9.17, 15) is 0 Å². The molecule has 0 spiro atoms. The van der Waals surface area contributed by atoms with E-state index in [0.29, 0.717) is 0 Å². The summed E-state index contributed by atoms with van der Waals surface area (Å²) in [4.78, 5) is 0. The number of rotatable bonds is 3. The van der Waals surface area contributed by atoms with Crippen molar-refractivity contribution in [1.29, 1.82) is 0 Å². The minimum absolute atomic E-state index is 0.777. The molecule has 0 atom stereocenters. The molecule has 3 aliphatic rings. The van der Waals surface area contributed by atoms with Gasteiger partial charge in [-0.05, 0) is 73.4 Å². The van der Waals surface area contributed by atoms with Crippen LogP contribution >= 0.6 is 11.6 Å². The lowest BCUT2D eigenvalue weighted by Crippen LogP contribution is -2.30. The van der Waals surface area contributed by atoms with Crippen LogP contribution in [0.25, 0.3) is 5.57 Å². The molecule has 0 radical (unpaired) electrons. The van der Waals surface area contributed by atoms with Gasteiger partial charge in [-0.3, -0.25) is 0 Å². The highest BCUT2D eigenvalue weighted by molar-refractivity contribution is 6.30. The Bertz CT molecular complexity index is 452. The molecule has 0 aromatic heterocycles. The topological polar surface area (TPSA) is 12.0 Å². The van der Waals surface area contributed by atoms with E-state index in [0.717, 1.165) is 23.4 Å². The standard InChI is InChI=1S/C16H20ClN/c1-18-10-15-11-2-4-12(5-3-11)16(15)13-6-8-14(17)9-7-13/h6-9,11-12,18H,2-5,10H2,1H3. The molecule has 2 bridgehead atoms. The van der Waals surface area contributed by atoms with Gasteiger partial charge in [-0.25, -0.2) is 0 Å². The molecule has 96 valence electrons. The Balaban J connectivity index is 2.04. The van der Waals surface area contributed by atoms with Crippen molar-refractivity contribution in [1.82, 2.24) is 5.32 Å². The van der Waals surface area contributed by atoms with Gasteiger partial charge in [-0.15, -0.1) is 0 Å². The van der Waals surface area contributed by atoms with Crippen molar-refractivity contribution in [2.75, 3.05) is 13.6 Å². The number of nitrogens with one attached hydrogen (secondary N) is 1. The summed E-state index contributed by atoms with van der Waals surface area (Å²) in [7, 11) is 2.05. The predicted molar refractivity (Wildman–Crippen MR) is 77.7 cm³/mol. The SMILES string of the molecule is CNCC1=C(c2ccc(Cl)cc2)C2CCC1CC2. The van der Waals surface area contributed by atoms with Crippen molar-refractivity contribution in [2.45, 2.75) is 25.7 Å². The van der Waals surface area contributed by atoms with Crippen LogP contribution < -0.4 is 5.32 Å². The summed E-state index contributed by atoms with van der Waals surface area (Å²) < 4.78 is 0. The number of hydrogen-bond acceptors (Lipinski definition) is 1. The third kappa shape index (κ3) is 2.10. The summed E-state index contributed by atoms with van der Waals surface area (Å²) in [6.45, 7) is 1.04. The van der Waals surface area contributed by atoms with Crippen LogP contribution in [0.5, 0.6) is 0 Å². The van der Waals surface area contributed by atoms with Gasteiger partial charge in [-0.2, -0.15) is 0 Å². The fourth-order valence-corrected chi connectivity index (χ4v) is 3.82. The van der Waals surface area contributed by atoms with Crippen molar-refractivity contribution in [3.05, 3.63) is 40.4 Å². The molecule has 0 amide bonds. The molecular weight excluding hydrogens is 242 g/mol. The van der Waals surface area contributed by atoms with Gasteiger partial charge in [0.05, 0.1) is 0 Å². The minimum Gasteiger partial charge on any atom is -0.316 e. The molecule has 0 unspecified atom stereocenters. The summed E-state index contributed by atoms with van der Waals surface area (Å²) in [6.07, 6.45) is 5.52. The second kappa shape index (κ2) is 5.07. The molecule has 0 saturated heterocycles. The first-order valence-electron chi connectivity index (χ1n) is 6.93. The zero-order chi connectivity index (χ0) is 12.5. The number of benzene rings is 1. The van der Waals surface area contributed by atoms with Crippen LogP contribution in [0.1, 0.15) is 31.2 Å². The molecule has 1 saturated carbocycles. The van der Waals surface area contributed by atoms with Crippen LogP contribution in [0.2, 0.25) is 5.02 Å². The molecule has 1 nitrogen and oxygen atoms in total. The summed E-state index contributed by atoms with van der Waals surface area (Å²) in [5, 5.41) is 4.18. The average Bonchev–Trinajstić information content (AvgIpc) is 2.42. The Morgan fingerprint density at radius 2 is 1.67 bits per heavy atom. The highest BCUT2D eigenvalue weighted by atomic mass is 35.5. The molecule has 1 fully saturated rings. The molecule has 4 rings (SSSR count). The monoisotopic (exact) mass is 261 g/mol. The highest BCUT2D eigenvalue weighted by Gasteiger charge is 2.34. The first-order valence-corrected chi connectivity index (χ1v) is 7.31.